The van der Waals surface area contributed by atoms with Crippen molar-refractivity contribution < 1.29 is 0 Å². The number of hydrogen-bond donors (Lipinski definition) is 2. The van der Waals surface area contributed by atoms with Crippen molar-refractivity contribution in [3.63, 3.8) is 0 Å². The minimum Gasteiger partial charge on any atom is -0.357 e. The topological polar surface area (TPSA) is 58.5 Å². The Morgan fingerprint density at radius 3 is 3.13 bits per heavy atom. The highest BCUT2D eigenvalue weighted by atomic mass is 15.2. The molecule has 2 aromatic heterocycles. The van der Waals surface area contributed by atoms with Gasteiger partial charge in [0.05, 0.1) is 0 Å². The molecule has 0 radical (unpaired) electrons. The third kappa shape index (κ3) is 2.92. The van der Waals surface area contributed by atoms with E-state index in [4.69, 9.17) is 0 Å². The van der Waals surface area contributed by atoms with Crippen LogP contribution in [-0.2, 0) is 20.0 Å². The van der Waals surface area contributed by atoms with E-state index in [1.807, 2.05) is 17.8 Å². The molecule has 0 spiro atoms. The van der Waals surface area contributed by atoms with Crippen LogP contribution in [0.3, 0.4) is 0 Å². The van der Waals surface area contributed by atoms with Crippen LogP contribution < -0.4 is 5.32 Å². The molecule has 2 aromatic rings. The van der Waals surface area contributed by atoms with Crippen LogP contribution in [0.5, 0.6) is 0 Å². The number of nitrogens with zero attached hydrogens (tertiary/aromatic N) is 3. The van der Waals surface area contributed by atoms with E-state index in [1.165, 1.54) is 11.9 Å². The molecule has 0 saturated carbocycles. The van der Waals surface area contributed by atoms with Gasteiger partial charge in [-0.25, -0.2) is 4.98 Å². The molecule has 2 rings (SSSR count). The highest BCUT2D eigenvalue weighted by Crippen LogP contribution is 1.98. The quantitative estimate of drug-likeness (QED) is 0.698. The van der Waals surface area contributed by atoms with Gasteiger partial charge in [-0.15, -0.1) is 0 Å². The second kappa shape index (κ2) is 4.75. The first-order valence-corrected chi connectivity index (χ1v) is 5.00. The first-order valence-electron chi connectivity index (χ1n) is 5.00. The second-order valence-electron chi connectivity index (χ2n) is 3.54. The summed E-state index contributed by atoms with van der Waals surface area (Å²) in [7, 11) is 2.03. The lowest BCUT2D eigenvalue weighted by molar-refractivity contribution is 0.671. The van der Waals surface area contributed by atoms with Crippen LogP contribution >= 0.6 is 0 Å². The number of rotatable bonds is 5. The van der Waals surface area contributed by atoms with E-state index in [9.17, 15) is 0 Å². The zero-order valence-electron chi connectivity index (χ0n) is 8.77. The molecule has 0 saturated heterocycles. The number of H-pyrrole nitrogens is 1. The molecule has 0 aliphatic heterocycles. The van der Waals surface area contributed by atoms with E-state index in [1.54, 1.807) is 0 Å². The minimum atomic E-state index is 0.882. The molecular weight excluding hydrogens is 190 g/mol. The zero-order chi connectivity index (χ0) is 10.5. The summed E-state index contributed by atoms with van der Waals surface area (Å²) in [5, 5.41) is 9.98. The predicted octanol–water partition coefficient (Wildman–Crippen LogP) is 0.475. The van der Waals surface area contributed by atoms with Gasteiger partial charge >= 0.3 is 0 Å². The third-order valence-corrected chi connectivity index (χ3v) is 2.23. The Morgan fingerprint density at radius 2 is 2.47 bits per heavy atom. The summed E-state index contributed by atoms with van der Waals surface area (Å²) >= 11 is 0. The van der Waals surface area contributed by atoms with Gasteiger partial charge in [-0.05, 0) is 11.6 Å². The van der Waals surface area contributed by atoms with Gasteiger partial charge < -0.3 is 9.88 Å². The van der Waals surface area contributed by atoms with E-state index in [0.29, 0.717) is 0 Å². The number of aryl methyl sites for hydroxylation is 1. The van der Waals surface area contributed by atoms with Crippen molar-refractivity contribution in [2.24, 2.45) is 7.05 Å². The van der Waals surface area contributed by atoms with Crippen molar-refractivity contribution in [2.75, 3.05) is 6.54 Å². The number of hydrogen-bond acceptors (Lipinski definition) is 3. The van der Waals surface area contributed by atoms with Crippen molar-refractivity contribution in [2.45, 2.75) is 13.0 Å². The van der Waals surface area contributed by atoms with Gasteiger partial charge in [0.15, 0.2) is 0 Å². The van der Waals surface area contributed by atoms with Crippen molar-refractivity contribution in [3.05, 3.63) is 36.2 Å². The van der Waals surface area contributed by atoms with Gasteiger partial charge in [-0.2, -0.15) is 5.10 Å². The third-order valence-electron chi connectivity index (χ3n) is 2.23. The van der Waals surface area contributed by atoms with Crippen LogP contribution in [0.15, 0.2) is 24.8 Å². The number of nitrogens with one attached hydrogen (secondary N) is 2. The zero-order valence-corrected chi connectivity index (χ0v) is 8.77. The maximum absolute atomic E-state index is 4.05. The first-order chi connectivity index (χ1) is 7.34. The molecule has 0 aliphatic rings. The van der Waals surface area contributed by atoms with Crippen molar-refractivity contribution >= 4 is 0 Å². The van der Waals surface area contributed by atoms with Crippen molar-refractivity contribution in [3.8, 4) is 0 Å². The largest absolute Gasteiger partial charge is 0.357 e. The highest BCUT2D eigenvalue weighted by Gasteiger charge is 1.96. The van der Waals surface area contributed by atoms with Gasteiger partial charge in [0.1, 0.15) is 12.2 Å². The maximum atomic E-state index is 4.05. The number of aromatic amines is 1. The fourth-order valence-corrected chi connectivity index (χ4v) is 1.46. The Balaban J connectivity index is 1.67. The molecule has 0 unspecified atom stereocenters. The van der Waals surface area contributed by atoms with Crippen LogP contribution in [-0.4, -0.2) is 26.3 Å². The molecule has 0 amide bonds. The maximum Gasteiger partial charge on any atom is 0.137 e. The smallest absolute Gasteiger partial charge is 0.137 e. The summed E-state index contributed by atoms with van der Waals surface area (Å²) in [6, 6.07) is 2.11. The molecule has 0 aliphatic carbocycles. The highest BCUT2D eigenvalue weighted by molar-refractivity contribution is 5.09. The molecule has 2 heterocycles. The molecule has 0 fully saturated rings. The van der Waals surface area contributed by atoms with Crippen LogP contribution in [0.2, 0.25) is 0 Å². The molecule has 0 bridgehead atoms. The van der Waals surface area contributed by atoms with E-state index in [-0.39, 0.29) is 0 Å². The van der Waals surface area contributed by atoms with Gasteiger partial charge in [-0.1, -0.05) is 0 Å². The summed E-state index contributed by atoms with van der Waals surface area (Å²) in [5.74, 6) is 0.926. The van der Waals surface area contributed by atoms with Gasteiger partial charge in [0, 0.05) is 39.0 Å². The second-order valence-corrected chi connectivity index (χ2v) is 3.54. The summed E-state index contributed by atoms with van der Waals surface area (Å²) in [4.78, 5) is 4.05. The lowest BCUT2D eigenvalue weighted by Crippen LogP contribution is -2.16. The molecule has 5 heteroatoms. The average molecular weight is 205 g/mol. The Labute approximate surface area is 88.5 Å². The summed E-state index contributed by atoms with van der Waals surface area (Å²) in [5.41, 5.74) is 1.30. The summed E-state index contributed by atoms with van der Waals surface area (Å²) in [6.45, 7) is 1.80. The molecule has 80 valence electrons. The van der Waals surface area contributed by atoms with Gasteiger partial charge in [-0.3, -0.25) is 5.10 Å². The van der Waals surface area contributed by atoms with Crippen LogP contribution in [0, 0.1) is 0 Å². The Morgan fingerprint density at radius 1 is 1.53 bits per heavy atom. The van der Waals surface area contributed by atoms with E-state index >= 15 is 0 Å². The Kier molecular flexibility index (Phi) is 3.14. The normalized spacial score (nSPS) is 10.7. The molecule has 0 aromatic carbocycles. The SMILES string of the molecule is Cn1ccc(CNCCc2ncn[nH]2)c1. The lowest BCUT2D eigenvalue weighted by atomic mass is 10.3. The van der Waals surface area contributed by atoms with Gasteiger partial charge in [0.25, 0.3) is 0 Å². The number of aromatic nitrogens is 4. The molecular formula is C10H15N5. The minimum absolute atomic E-state index is 0.882. The molecule has 5 nitrogen and oxygen atoms in total. The molecule has 15 heavy (non-hydrogen) atoms. The predicted molar refractivity (Wildman–Crippen MR) is 57.2 cm³/mol. The van der Waals surface area contributed by atoms with Crippen LogP contribution in [0.25, 0.3) is 0 Å². The van der Waals surface area contributed by atoms with Crippen LogP contribution in [0.1, 0.15) is 11.4 Å². The fraction of sp³-hybridized carbons (Fsp3) is 0.400. The lowest BCUT2D eigenvalue weighted by Gasteiger charge is -2.00. The first kappa shape index (κ1) is 9.92. The Hall–Kier alpha value is -1.62. The van der Waals surface area contributed by atoms with E-state index in [0.717, 1.165) is 25.3 Å². The van der Waals surface area contributed by atoms with Gasteiger partial charge in [0.2, 0.25) is 0 Å². The fourth-order valence-electron chi connectivity index (χ4n) is 1.46. The van der Waals surface area contributed by atoms with Crippen molar-refractivity contribution in [1.29, 1.82) is 0 Å². The standard InChI is InChI=1S/C10H15N5/c1-15-5-3-9(7-15)6-11-4-2-10-12-8-13-14-10/h3,5,7-8,11H,2,4,6H2,1H3,(H,12,13,14). The summed E-state index contributed by atoms with van der Waals surface area (Å²) in [6.07, 6.45) is 6.58. The monoisotopic (exact) mass is 205 g/mol. The summed E-state index contributed by atoms with van der Waals surface area (Å²) < 4.78 is 2.05. The van der Waals surface area contributed by atoms with E-state index < -0.39 is 0 Å². The average Bonchev–Trinajstić information content (AvgIpc) is 2.84. The molecule has 0 atom stereocenters. The molecule has 2 N–H and O–H groups in total. The van der Waals surface area contributed by atoms with E-state index in [2.05, 4.69) is 32.8 Å². The van der Waals surface area contributed by atoms with Crippen LogP contribution in [0.4, 0.5) is 0 Å². The Bertz CT molecular complexity index is 390. The van der Waals surface area contributed by atoms with Crippen molar-refractivity contribution in [1.82, 2.24) is 25.1 Å².